The van der Waals surface area contributed by atoms with Crippen molar-refractivity contribution < 1.29 is 22.3 Å². The number of hydrogen-bond acceptors (Lipinski definition) is 2. The molecule has 3 nitrogen and oxygen atoms in total. The molecule has 16 heavy (non-hydrogen) atoms. The van der Waals surface area contributed by atoms with Gasteiger partial charge in [0.15, 0.2) is 5.11 Å². The number of hydrogen-bond donors (Lipinski definition) is 2. The lowest BCUT2D eigenvalue weighted by Crippen LogP contribution is -2.20. The molecule has 0 heterocycles. The van der Waals surface area contributed by atoms with Crippen molar-refractivity contribution in [1.29, 1.82) is 0 Å². The first-order chi connectivity index (χ1) is 7.26. The van der Waals surface area contributed by atoms with E-state index in [-0.39, 0.29) is 10.8 Å². The normalized spacial score (nSPS) is 11.0. The molecule has 0 unspecified atom stereocenters. The molecule has 0 spiro atoms. The van der Waals surface area contributed by atoms with Crippen LogP contribution >= 0.6 is 12.2 Å². The summed E-state index contributed by atoms with van der Waals surface area (Å²) in [4.78, 5) is 0. The Hall–Kier alpha value is -1.57. The fourth-order valence-electron chi connectivity index (χ4n) is 0.970. The molecule has 0 aliphatic rings. The van der Waals surface area contributed by atoms with Gasteiger partial charge in [0.1, 0.15) is 11.6 Å². The molecule has 1 aromatic carbocycles. The summed E-state index contributed by atoms with van der Waals surface area (Å²) >= 11 is 4.45. The summed E-state index contributed by atoms with van der Waals surface area (Å²) in [6.45, 7) is 0. The van der Waals surface area contributed by atoms with Crippen LogP contribution in [0.1, 0.15) is 0 Å². The quantitative estimate of drug-likeness (QED) is 0.628. The van der Waals surface area contributed by atoms with E-state index < -0.39 is 17.9 Å². The lowest BCUT2D eigenvalue weighted by atomic mass is 10.3. The number of ether oxygens (including phenoxy) is 1. The minimum absolute atomic E-state index is 0.0215. The topological polar surface area (TPSA) is 47.3 Å². The van der Waals surface area contributed by atoms with Crippen molar-refractivity contribution >= 4 is 23.0 Å². The van der Waals surface area contributed by atoms with Gasteiger partial charge in [-0.2, -0.15) is 0 Å². The van der Waals surface area contributed by atoms with Crippen LogP contribution in [0.5, 0.6) is 5.75 Å². The first-order valence-corrected chi connectivity index (χ1v) is 4.30. The molecule has 0 aromatic heterocycles. The van der Waals surface area contributed by atoms with E-state index in [1.807, 2.05) is 0 Å². The highest BCUT2D eigenvalue weighted by molar-refractivity contribution is 7.80. The van der Waals surface area contributed by atoms with E-state index in [2.05, 4.69) is 22.3 Å². The van der Waals surface area contributed by atoms with Crippen molar-refractivity contribution in [3.8, 4) is 5.75 Å². The van der Waals surface area contributed by atoms with Gasteiger partial charge in [-0.1, -0.05) is 0 Å². The number of benzene rings is 1. The second kappa shape index (κ2) is 4.52. The van der Waals surface area contributed by atoms with Gasteiger partial charge in [0.25, 0.3) is 0 Å². The maximum absolute atomic E-state index is 12.9. The third-order valence-corrected chi connectivity index (χ3v) is 1.47. The molecule has 1 rings (SSSR count). The zero-order chi connectivity index (χ0) is 12.3. The molecule has 0 fully saturated rings. The monoisotopic (exact) mass is 254 g/mol. The number of rotatable bonds is 2. The minimum Gasteiger partial charge on any atom is -0.406 e. The number of anilines is 1. The van der Waals surface area contributed by atoms with Gasteiger partial charge < -0.3 is 15.8 Å². The molecule has 0 radical (unpaired) electrons. The number of thiocarbonyl (C=S) groups is 1. The summed E-state index contributed by atoms with van der Waals surface area (Å²) in [5.41, 5.74) is 5.07. The molecule has 1 aromatic rings. The van der Waals surface area contributed by atoms with E-state index in [1.54, 1.807) is 0 Å². The van der Waals surface area contributed by atoms with Crippen LogP contribution in [0, 0.1) is 5.82 Å². The Labute approximate surface area is 93.2 Å². The summed E-state index contributed by atoms with van der Waals surface area (Å²) < 4.78 is 52.0. The minimum atomic E-state index is -4.88. The van der Waals surface area contributed by atoms with Gasteiger partial charge in [-0.3, -0.25) is 0 Å². The second-order valence-electron chi connectivity index (χ2n) is 2.71. The smallest absolute Gasteiger partial charge is 0.406 e. The average Bonchev–Trinajstić information content (AvgIpc) is 1.96. The molecule has 0 aliphatic carbocycles. The van der Waals surface area contributed by atoms with Crippen molar-refractivity contribution in [1.82, 2.24) is 0 Å². The van der Waals surface area contributed by atoms with E-state index in [0.717, 1.165) is 12.1 Å². The van der Waals surface area contributed by atoms with Gasteiger partial charge >= 0.3 is 6.36 Å². The van der Waals surface area contributed by atoms with Crippen LogP contribution in [0.4, 0.5) is 23.2 Å². The first kappa shape index (κ1) is 12.5. The predicted molar refractivity (Wildman–Crippen MR) is 53.5 cm³/mol. The Morgan fingerprint density at radius 1 is 1.31 bits per heavy atom. The fraction of sp³-hybridized carbons (Fsp3) is 0.125. The number of nitrogens with one attached hydrogen (secondary N) is 1. The van der Waals surface area contributed by atoms with Gasteiger partial charge in [0, 0.05) is 17.8 Å². The number of nitrogens with two attached hydrogens (primary N) is 1. The molecule has 0 saturated heterocycles. The van der Waals surface area contributed by atoms with Crippen molar-refractivity contribution in [3.05, 3.63) is 24.0 Å². The molecule has 0 atom stereocenters. The van der Waals surface area contributed by atoms with Crippen LogP contribution in [0.2, 0.25) is 0 Å². The lowest BCUT2D eigenvalue weighted by molar-refractivity contribution is -0.274. The molecule has 8 heteroatoms. The van der Waals surface area contributed by atoms with Crippen LogP contribution in [0.25, 0.3) is 0 Å². The Balaban J connectivity index is 2.94. The Morgan fingerprint density at radius 3 is 2.44 bits per heavy atom. The van der Waals surface area contributed by atoms with E-state index in [0.29, 0.717) is 6.07 Å². The molecule has 0 saturated carbocycles. The second-order valence-corrected chi connectivity index (χ2v) is 3.15. The highest BCUT2D eigenvalue weighted by Crippen LogP contribution is 2.26. The van der Waals surface area contributed by atoms with Gasteiger partial charge in [0.2, 0.25) is 0 Å². The van der Waals surface area contributed by atoms with Gasteiger partial charge in [-0.25, -0.2) is 4.39 Å². The van der Waals surface area contributed by atoms with E-state index in [1.165, 1.54) is 0 Å². The number of halogens is 4. The Kier molecular flexibility index (Phi) is 3.53. The molecule has 0 aliphatic heterocycles. The summed E-state index contributed by atoms with van der Waals surface area (Å²) in [5, 5.41) is 2.10. The maximum Gasteiger partial charge on any atom is 0.573 e. The Bertz CT molecular complexity index is 408. The average molecular weight is 254 g/mol. The SMILES string of the molecule is NC(=S)Nc1cc(F)cc(OC(F)(F)F)c1. The molecule has 0 amide bonds. The van der Waals surface area contributed by atoms with Crippen LogP contribution in [0.15, 0.2) is 18.2 Å². The highest BCUT2D eigenvalue weighted by atomic mass is 32.1. The van der Waals surface area contributed by atoms with Crippen LogP contribution in [0.3, 0.4) is 0 Å². The lowest BCUT2D eigenvalue weighted by Gasteiger charge is -2.10. The highest BCUT2D eigenvalue weighted by Gasteiger charge is 2.31. The summed E-state index contributed by atoms with van der Waals surface area (Å²) in [6, 6.07) is 2.45. The predicted octanol–water partition coefficient (Wildman–Crippen LogP) is 2.38. The molecule has 0 bridgehead atoms. The molecular weight excluding hydrogens is 248 g/mol. The van der Waals surface area contributed by atoms with Gasteiger partial charge in [0.05, 0.1) is 0 Å². The standard InChI is InChI=1S/C8H6F4N2OS/c9-4-1-5(14-7(13)16)3-6(2-4)15-8(10,11)12/h1-3H,(H3,13,14,16). The molecule has 3 N–H and O–H groups in total. The summed E-state index contributed by atoms with van der Waals surface area (Å²) in [6.07, 6.45) is -4.88. The number of alkyl halides is 3. The first-order valence-electron chi connectivity index (χ1n) is 3.89. The zero-order valence-corrected chi connectivity index (χ0v) is 8.45. The third kappa shape index (κ3) is 4.30. The maximum atomic E-state index is 12.9. The largest absolute Gasteiger partial charge is 0.573 e. The fourth-order valence-corrected chi connectivity index (χ4v) is 1.09. The zero-order valence-electron chi connectivity index (χ0n) is 7.64. The van der Waals surface area contributed by atoms with Crippen molar-refractivity contribution in [2.24, 2.45) is 5.73 Å². The Morgan fingerprint density at radius 2 is 1.94 bits per heavy atom. The van der Waals surface area contributed by atoms with Crippen LogP contribution in [-0.2, 0) is 0 Å². The molecule has 88 valence electrons. The third-order valence-electron chi connectivity index (χ3n) is 1.37. The van der Waals surface area contributed by atoms with Crippen molar-refractivity contribution in [2.75, 3.05) is 5.32 Å². The van der Waals surface area contributed by atoms with Gasteiger partial charge in [-0.05, 0) is 18.3 Å². The van der Waals surface area contributed by atoms with Crippen molar-refractivity contribution in [2.45, 2.75) is 6.36 Å². The van der Waals surface area contributed by atoms with Gasteiger partial charge in [-0.15, -0.1) is 13.2 Å². The van der Waals surface area contributed by atoms with E-state index in [4.69, 9.17) is 5.73 Å². The van der Waals surface area contributed by atoms with Crippen LogP contribution < -0.4 is 15.8 Å². The van der Waals surface area contributed by atoms with Crippen LogP contribution in [-0.4, -0.2) is 11.5 Å². The van der Waals surface area contributed by atoms with E-state index in [9.17, 15) is 17.6 Å². The summed E-state index contributed by atoms with van der Waals surface area (Å²) in [5.74, 6) is -1.59. The summed E-state index contributed by atoms with van der Waals surface area (Å²) in [7, 11) is 0. The van der Waals surface area contributed by atoms with Crippen molar-refractivity contribution in [3.63, 3.8) is 0 Å². The molecular formula is C8H6F4N2OS. The van der Waals surface area contributed by atoms with E-state index >= 15 is 0 Å².